The van der Waals surface area contributed by atoms with E-state index >= 15 is 0 Å². The Morgan fingerprint density at radius 1 is 1.65 bits per heavy atom. The highest BCUT2D eigenvalue weighted by molar-refractivity contribution is 9.10. The average Bonchev–Trinajstić information content (AvgIpc) is 2.88. The van der Waals surface area contributed by atoms with Crippen LogP contribution >= 0.6 is 15.9 Å². The summed E-state index contributed by atoms with van der Waals surface area (Å²) in [6.45, 7) is 3.08. The highest BCUT2D eigenvalue weighted by Crippen LogP contribution is 2.32. The highest BCUT2D eigenvalue weighted by Gasteiger charge is 2.28. The van der Waals surface area contributed by atoms with Gasteiger partial charge in [-0.3, -0.25) is 19.9 Å². The maximum atomic E-state index is 11.6. The predicted molar refractivity (Wildman–Crippen MR) is 77.5 cm³/mol. The molecule has 0 unspecified atom stereocenters. The predicted octanol–water partition coefficient (Wildman–Crippen LogP) is 2.18. The summed E-state index contributed by atoms with van der Waals surface area (Å²) in [5.41, 5.74) is 0.348. The van der Waals surface area contributed by atoms with E-state index in [1.54, 1.807) is 4.90 Å². The van der Waals surface area contributed by atoms with Crippen molar-refractivity contribution >= 4 is 33.2 Å². The Hall–Kier alpha value is -1.70. The van der Waals surface area contributed by atoms with E-state index in [0.717, 1.165) is 6.42 Å². The van der Waals surface area contributed by atoms with E-state index in [0.29, 0.717) is 29.7 Å². The molecule has 1 aromatic heterocycles. The summed E-state index contributed by atoms with van der Waals surface area (Å²) < 4.78 is 0.548. The van der Waals surface area contributed by atoms with Gasteiger partial charge < -0.3 is 10.2 Å². The first kappa shape index (κ1) is 14.7. The number of carbonyl (C=O) groups is 1. The second-order valence-corrected chi connectivity index (χ2v) is 5.45. The average molecular weight is 343 g/mol. The Bertz CT molecular complexity index is 537. The molecule has 1 amide bonds. The second kappa shape index (κ2) is 6.17. The minimum absolute atomic E-state index is 0.0166. The maximum absolute atomic E-state index is 11.6. The third-order valence-electron chi connectivity index (χ3n) is 3.27. The Labute approximate surface area is 124 Å². The van der Waals surface area contributed by atoms with Crippen molar-refractivity contribution in [3.8, 4) is 0 Å². The summed E-state index contributed by atoms with van der Waals surface area (Å²) in [6.07, 6.45) is 3.99. The first-order chi connectivity index (χ1) is 9.52. The van der Waals surface area contributed by atoms with Gasteiger partial charge in [0.1, 0.15) is 11.9 Å². The Morgan fingerprint density at radius 2 is 2.40 bits per heavy atom. The van der Waals surface area contributed by atoms with Crippen molar-refractivity contribution in [2.24, 2.45) is 0 Å². The number of hydrogen-bond acceptors (Lipinski definition) is 5. The van der Waals surface area contributed by atoms with Gasteiger partial charge in [-0.15, -0.1) is 0 Å². The van der Waals surface area contributed by atoms with Gasteiger partial charge >= 0.3 is 5.69 Å². The lowest BCUT2D eigenvalue weighted by atomic mass is 10.2. The topological polar surface area (TPSA) is 88.4 Å². The van der Waals surface area contributed by atoms with Gasteiger partial charge in [-0.05, 0) is 22.4 Å². The molecule has 0 saturated carbocycles. The van der Waals surface area contributed by atoms with Crippen LogP contribution < -0.4 is 5.32 Å². The van der Waals surface area contributed by atoms with Crippen LogP contribution in [0.15, 0.2) is 16.9 Å². The number of aromatic nitrogens is 1. The molecule has 1 aliphatic rings. The Balaban J connectivity index is 2.12. The number of pyridine rings is 1. The molecule has 0 radical (unpaired) electrons. The minimum Gasteiger partial charge on any atom is -0.374 e. The molecule has 0 spiro atoms. The van der Waals surface area contributed by atoms with Crippen molar-refractivity contribution in [2.45, 2.75) is 25.8 Å². The molecule has 1 atom stereocenters. The molecule has 1 saturated heterocycles. The zero-order valence-electron chi connectivity index (χ0n) is 11.0. The fourth-order valence-electron chi connectivity index (χ4n) is 2.24. The van der Waals surface area contributed by atoms with Gasteiger partial charge in [0.05, 0.1) is 9.40 Å². The van der Waals surface area contributed by atoms with Crippen LogP contribution in [-0.4, -0.2) is 39.8 Å². The molecule has 0 aromatic carbocycles. The van der Waals surface area contributed by atoms with E-state index in [1.807, 2.05) is 6.92 Å². The zero-order valence-corrected chi connectivity index (χ0v) is 12.6. The smallest absolute Gasteiger partial charge is 0.311 e. The number of rotatable bonds is 4. The number of nitrogens with one attached hydrogen (secondary N) is 1. The molecule has 20 heavy (non-hydrogen) atoms. The fraction of sp³-hybridized carbons (Fsp3) is 0.500. The third kappa shape index (κ3) is 3.06. The number of halogens is 1. The number of nitro groups is 1. The van der Waals surface area contributed by atoms with Gasteiger partial charge in [0.15, 0.2) is 0 Å². The summed E-state index contributed by atoms with van der Waals surface area (Å²) in [7, 11) is 0. The number of anilines is 1. The van der Waals surface area contributed by atoms with Crippen LogP contribution in [0.5, 0.6) is 0 Å². The number of nitrogens with zero attached hydrogens (tertiary/aromatic N) is 3. The first-order valence-corrected chi connectivity index (χ1v) is 7.14. The summed E-state index contributed by atoms with van der Waals surface area (Å²) >= 11 is 3.27. The van der Waals surface area contributed by atoms with E-state index in [2.05, 4.69) is 26.2 Å². The van der Waals surface area contributed by atoms with Crippen LogP contribution in [0, 0.1) is 10.1 Å². The zero-order chi connectivity index (χ0) is 14.7. The van der Waals surface area contributed by atoms with E-state index in [-0.39, 0.29) is 17.6 Å². The molecular formula is C12H15BrN4O3. The van der Waals surface area contributed by atoms with Crippen molar-refractivity contribution in [3.63, 3.8) is 0 Å². The molecule has 1 aliphatic heterocycles. The molecule has 108 valence electrons. The third-order valence-corrected chi connectivity index (χ3v) is 3.87. The highest BCUT2D eigenvalue weighted by atomic mass is 79.9. The summed E-state index contributed by atoms with van der Waals surface area (Å²) in [5, 5.41) is 14.2. The van der Waals surface area contributed by atoms with Gasteiger partial charge in [-0.25, -0.2) is 0 Å². The van der Waals surface area contributed by atoms with Crippen LogP contribution in [0.3, 0.4) is 0 Å². The fourth-order valence-corrected chi connectivity index (χ4v) is 2.67. The van der Waals surface area contributed by atoms with Crippen LogP contribution in [0.2, 0.25) is 0 Å². The van der Waals surface area contributed by atoms with Crippen LogP contribution in [0.1, 0.15) is 19.8 Å². The molecule has 1 N–H and O–H groups in total. The lowest BCUT2D eigenvalue weighted by Crippen LogP contribution is -2.31. The second-order valence-electron chi connectivity index (χ2n) is 4.60. The van der Waals surface area contributed by atoms with Crippen LogP contribution in [0.4, 0.5) is 11.4 Å². The Kier molecular flexibility index (Phi) is 4.53. The monoisotopic (exact) mass is 342 g/mol. The minimum atomic E-state index is -0.468. The van der Waals surface area contributed by atoms with Gasteiger partial charge in [0.25, 0.3) is 0 Å². The summed E-state index contributed by atoms with van der Waals surface area (Å²) in [6, 6.07) is 0.0166. The van der Waals surface area contributed by atoms with E-state index < -0.39 is 4.92 Å². The maximum Gasteiger partial charge on any atom is 0.311 e. The van der Waals surface area contributed by atoms with Gasteiger partial charge in [0, 0.05) is 31.7 Å². The van der Waals surface area contributed by atoms with Crippen molar-refractivity contribution < 1.29 is 9.72 Å². The number of hydrogen-bond donors (Lipinski definition) is 1. The molecule has 0 bridgehead atoms. The molecule has 2 rings (SSSR count). The SMILES string of the molecule is CCC(=O)N1CC[C@H](Nc2c(Br)cncc2[N+](=O)[O-])C1. The molecule has 7 nitrogen and oxygen atoms in total. The number of likely N-dealkylation sites (tertiary alicyclic amines) is 1. The lowest BCUT2D eigenvalue weighted by Gasteiger charge is -2.17. The van der Waals surface area contributed by atoms with Gasteiger partial charge in [0.2, 0.25) is 5.91 Å². The number of amides is 1. The number of carbonyl (C=O) groups excluding carboxylic acids is 1. The van der Waals surface area contributed by atoms with E-state index in [1.165, 1.54) is 12.4 Å². The largest absolute Gasteiger partial charge is 0.374 e. The molecule has 2 heterocycles. The standard InChI is InChI=1S/C12H15BrN4O3/c1-2-11(18)16-4-3-8(7-16)15-12-9(13)5-14-6-10(12)17(19)20/h5-6,8H,2-4,7H2,1H3,(H,14,15)/t8-/m0/s1. The Morgan fingerprint density at radius 3 is 3.05 bits per heavy atom. The molecule has 1 fully saturated rings. The van der Waals surface area contributed by atoms with Crippen molar-refractivity contribution in [2.75, 3.05) is 18.4 Å². The van der Waals surface area contributed by atoms with Crippen molar-refractivity contribution in [1.82, 2.24) is 9.88 Å². The first-order valence-electron chi connectivity index (χ1n) is 6.35. The lowest BCUT2D eigenvalue weighted by molar-refractivity contribution is -0.384. The van der Waals surface area contributed by atoms with Crippen molar-refractivity contribution in [3.05, 3.63) is 27.0 Å². The summed E-state index contributed by atoms with van der Waals surface area (Å²) in [4.78, 5) is 27.7. The van der Waals surface area contributed by atoms with E-state index in [9.17, 15) is 14.9 Å². The molecule has 1 aromatic rings. The van der Waals surface area contributed by atoms with Crippen LogP contribution in [0.25, 0.3) is 0 Å². The quantitative estimate of drug-likeness (QED) is 0.669. The molecule has 0 aliphatic carbocycles. The van der Waals surface area contributed by atoms with Gasteiger partial charge in [-0.1, -0.05) is 6.92 Å². The van der Waals surface area contributed by atoms with Crippen molar-refractivity contribution in [1.29, 1.82) is 0 Å². The molecular weight excluding hydrogens is 328 g/mol. The van der Waals surface area contributed by atoms with E-state index in [4.69, 9.17) is 0 Å². The summed E-state index contributed by atoms with van der Waals surface area (Å²) in [5.74, 6) is 0.109. The molecule has 8 heteroatoms. The van der Waals surface area contributed by atoms with Crippen LogP contribution in [-0.2, 0) is 4.79 Å². The normalized spacial score (nSPS) is 18.1. The van der Waals surface area contributed by atoms with Gasteiger partial charge in [-0.2, -0.15) is 0 Å².